The molecule has 0 aliphatic carbocycles. The average molecular weight is 307 g/mol. The molecule has 8 nitrogen and oxygen atoms in total. The second-order valence-electron chi connectivity index (χ2n) is 4.51. The number of nitrogens with zero attached hydrogens (tertiary/aromatic N) is 1. The Labute approximate surface area is 127 Å². The molecule has 2 N–H and O–H groups in total. The summed E-state index contributed by atoms with van der Waals surface area (Å²) in [6, 6.07) is 5.74. The van der Waals surface area contributed by atoms with Crippen LogP contribution >= 0.6 is 0 Å². The zero-order chi connectivity index (χ0) is 16.1. The topological polar surface area (TPSA) is 97.0 Å². The van der Waals surface area contributed by atoms with Gasteiger partial charge in [0.2, 0.25) is 5.91 Å². The van der Waals surface area contributed by atoms with Gasteiger partial charge in [0.25, 0.3) is 5.91 Å². The third-order valence-corrected chi connectivity index (χ3v) is 3.10. The van der Waals surface area contributed by atoms with Gasteiger partial charge in [-0.15, -0.1) is 0 Å². The molecule has 0 spiro atoms. The molecule has 1 fully saturated rings. The van der Waals surface area contributed by atoms with Crippen LogP contribution in [0.15, 0.2) is 24.3 Å². The molecule has 1 aromatic rings. The first-order chi connectivity index (χ1) is 10.6. The number of imide groups is 1. The van der Waals surface area contributed by atoms with Crippen molar-refractivity contribution in [3.05, 3.63) is 24.3 Å². The van der Waals surface area contributed by atoms with Gasteiger partial charge in [0.1, 0.15) is 11.8 Å². The van der Waals surface area contributed by atoms with Gasteiger partial charge in [-0.1, -0.05) is 0 Å². The SMILES string of the molecule is CCOC(=O)NN[C@@H]1CC(=O)N(c2ccc(OC)cc2)C1=O. The number of hydrogen-bond donors (Lipinski definition) is 2. The van der Waals surface area contributed by atoms with Crippen molar-refractivity contribution in [1.29, 1.82) is 0 Å². The summed E-state index contributed by atoms with van der Waals surface area (Å²) in [6.45, 7) is 1.87. The van der Waals surface area contributed by atoms with Crippen LogP contribution in [0.25, 0.3) is 0 Å². The summed E-state index contributed by atoms with van der Waals surface area (Å²) in [6.07, 6.45) is -0.747. The van der Waals surface area contributed by atoms with E-state index in [0.29, 0.717) is 11.4 Å². The van der Waals surface area contributed by atoms with E-state index in [9.17, 15) is 14.4 Å². The molecule has 118 valence electrons. The average Bonchev–Trinajstić information content (AvgIpc) is 2.80. The maximum absolute atomic E-state index is 12.3. The lowest BCUT2D eigenvalue weighted by molar-refractivity contribution is -0.121. The fourth-order valence-corrected chi connectivity index (χ4v) is 2.06. The second kappa shape index (κ2) is 6.90. The summed E-state index contributed by atoms with van der Waals surface area (Å²) >= 11 is 0. The van der Waals surface area contributed by atoms with Crippen molar-refractivity contribution in [3.8, 4) is 5.75 Å². The van der Waals surface area contributed by atoms with Crippen LogP contribution in [0, 0.1) is 0 Å². The minimum Gasteiger partial charge on any atom is -0.497 e. The molecule has 1 aromatic carbocycles. The Morgan fingerprint density at radius 2 is 2.00 bits per heavy atom. The number of amides is 3. The molecule has 3 amide bonds. The molecule has 0 aromatic heterocycles. The third-order valence-electron chi connectivity index (χ3n) is 3.10. The summed E-state index contributed by atoms with van der Waals surface area (Å²) in [7, 11) is 1.53. The summed E-state index contributed by atoms with van der Waals surface area (Å²) in [5, 5.41) is 0. The van der Waals surface area contributed by atoms with E-state index < -0.39 is 18.0 Å². The van der Waals surface area contributed by atoms with E-state index >= 15 is 0 Å². The van der Waals surface area contributed by atoms with E-state index in [2.05, 4.69) is 15.6 Å². The molecule has 0 unspecified atom stereocenters. The van der Waals surface area contributed by atoms with Crippen LogP contribution in [0.5, 0.6) is 5.75 Å². The molecule has 1 aliphatic rings. The van der Waals surface area contributed by atoms with Crippen LogP contribution in [0.4, 0.5) is 10.5 Å². The Hall–Kier alpha value is -2.61. The van der Waals surface area contributed by atoms with E-state index in [1.165, 1.54) is 7.11 Å². The van der Waals surface area contributed by atoms with Gasteiger partial charge in [0.05, 0.1) is 25.8 Å². The van der Waals surface area contributed by atoms with Gasteiger partial charge in [-0.25, -0.2) is 15.1 Å². The van der Waals surface area contributed by atoms with E-state index in [-0.39, 0.29) is 18.9 Å². The molecular weight excluding hydrogens is 290 g/mol. The van der Waals surface area contributed by atoms with Crippen molar-refractivity contribution >= 4 is 23.6 Å². The van der Waals surface area contributed by atoms with Crippen LogP contribution in [0.2, 0.25) is 0 Å². The number of carbonyl (C=O) groups excluding carboxylic acids is 3. The normalized spacial score (nSPS) is 17.5. The first-order valence-corrected chi connectivity index (χ1v) is 6.76. The first-order valence-electron chi connectivity index (χ1n) is 6.76. The van der Waals surface area contributed by atoms with Gasteiger partial charge in [-0.3, -0.25) is 15.0 Å². The predicted molar refractivity (Wildman–Crippen MR) is 77.2 cm³/mol. The summed E-state index contributed by atoms with van der Waals surface area (Å²) < 4.78 is 9.70. The third kappa shape index (κ3) is 3.34. The van der Waals surface area contributed by atoms with Crippen molar-refractivity contribution in [2.45, 2.75) is 19.4 Å². The standard InChI is InChI=1S/C14H17N3O5/c1-3-22-14(20)16-15-11-8-12(18)17(13(11)19)9-4-6-10(21-2)7-5-9/h4-7,11,15H,3,8H2,1-2H3,(H,16,20)/t11-/m1/s1. The van der Waals surface area contributed by atoms with Crippen LogP contribution < -0.4 is 20.5 Å². The minimum absolute atomic E-state index is 0.0444. The molecule has 2 rings (SSSR count). The molecule has 0 saturated carbocycles. The zero-order valence-electron chi connectivity index (χ0n) is 12.3. The zero-order valence-corrected chi connectivity index (χ0v) is 12.3. The molecule has 22 heavy (non-hydrogen) atoms. The van der Waals surface area contributed by atoms with E-state index in [1.54, 1.807) is 31.2 Å². The molecule has 8 heteroatoms. The molecule has 1 atom stereocenters. The Balaban J connectivity index is 2.03. The number of nitrogens with one attached hydrogen (secondary N) is 2. The molecule has 1 heterocycles. The number of anilines is 1. The number of rotatable bonds is 5. The predicted octanol–water partition coefficient (Wildman–Crippen LogP) is 0.578. The van der Waals surface area contributed by atoms with Gasteiger partial charge in [0, 0.05) is 0 Å². The fraction of sp³-hybridized carbons (Fsp3) is 0.357. The lowest BCUT2D eigenvalue weighted by Gasteiger charge is -2.16. The van der Waals surface area contributed by atoms with Gasteiger partial charge in [0.15, 0.2) is 0 Å². The number of carbonyl (C=O) groups is 3. The number of hydrogen-bond acceptors (Lipinski definition) is 6. The van der Waals surface area contributed by atoms with Crippen molar-refractivity contribution in [1.82, 2.24) is 10.9 Å². The lowest BCUT2D eigenvalue weighted by atomic mass is 10.2. The Bertz CT molecular complexity index is 572. The van der Waals surface area contributed by atoms with Crippen molar-refractivity contribution in [2.75, 3.05) is 18.6 Å². The highest BCUT2D eigenvalue weighted by Crippen LogP contribution is 2.24. The Morgan fingerprint density at radius 3 is 2.59 bits per heavy atom. The maximum atomic E-state index is 12.3. The molecule has 0 bridgehead atoms. The molecule has 0 radical (unpaired) electrons. The van der Waals surface area contributed by atoms with Crippen molar-refractivity contribution in [3.63, 3.8) is 0 Å². The Morgan fingerprint density at radius 1 is 1.32 bits per heavy atom. The molecular formula is C14H17N3O5. The number of hydrazine groups is 1. The number of benzene rings is 1. The van der Waals surface area contributed by atoms with Gasteiger partial charge in [-0.2, -0.15) is 0 Å². The van der Waals surface area contributed by atoms with Gasteiger partial charge in [-0.05, 0) is 31.2 Å². The molecule has 1 aliphatic heterocycles. The highest BCUT2D eigenvalue weighted by molar-refractivity contribution is 6.22. The lowest BCUT2D eigenvalue weighted by Crippen LogP contribution is -2.48. The summed E-state index contributed by atoms with van der Waals surface area (Å²) in [5.41, 5.74) is 5.20. The van der Waals surface area contributed by atoms with E-state index in [0.717, 1.165) is 4.90 Å². The van der Waals surface area contributed by atoms with Crippen molar-refractivity contribution in [2.24, 2.45) is 0 Å². The van der Waals surface area contributed by atoms with Crippen molar-refractivity contribution < 1.29 is 23.9 Å². The Kier molecular flexibility index (Phi) is 4.95. The second-order valence-corrected chi connectivity index (χ2v) is 4.51. The van der Waals surface area contributed by atoms with E-state index in [1.807, 2.05) is 0 Å². The fourth-order valence-electron chi connectivity index (χ4n) is 2.06. The van der Waals surface area contributed by atoms with Crippen LogP contribution in [0.1, 0.15) is 13.3 Å². The summed E-state index contributed by atoms with van der Waals surface area (Å²) in [4.78, 5) is 36.5. The number of ether oxygens (including phenoxy) is 2. The largest absolute Gasteiger partial charge is 0.497 e. The van der Waals surface area contributed by atoms with Crippen LogP contribution in [-0.2, 0) is 14.3 Å². The highest BCUT2D eigenvalue weighted by Gasteiger charge is 2.39. The maximum Gasteiger partial charge on any atom is 0.421 e. The van der Waals surface area contributed by atoms with Crippen LogP contribution in [0.3, 0.4) is 0 Å². The summed E-state index contributed by atoms with van der Waals surface area (Å²) in [5.74, 6) is -0.160. The molecule has 1 saturated heterocycles. The van der Waals surface area contributed by atoms with Gasteiger partial charge < -0.3 is 9.47 Å². The first kappa shape index (κ1) is 15.8. The van der Waals surface area contributed by atoms with Gasteiger partial charge >= 0.3 is 6.09 Å². The smallest absolute Gasteiger partial charge is 0.421 e. The highest BCUT2D eigenvalue weighted by atomic mass is 16.5. The monoisotopic (exact) mass is 307 g/mol. The van der Waals surface area contributed by atoms with E-state index in [4.69, 9.17) is 4.74 Å². The quantitative estimate of drug-likeness (QED) is 0.610. The minimum atomic E-state index is -0.820. The number of methoxy groups -OCH3 is 1. The van der Waals surface area contributed by atoms with Crippen LogP contribution in [-0.4, -0.2) is 37.7 Å².